The van der Waals surface area contributed by atoms with E-state index >= 15 is 0 Å². The Kier molecular flexibility index (Phi) is 5.18. The molecule has 1 aliphatic rings. The first-order valence-electron chi connectivity index (χ1n) is 12.3. The molecule has 7 rings (SSSR count). The monoisotopic (exact) mass is 528 g/mol. The van der Waals surface area contributed by atoms with Gasteiger partial charge in [0.1, 0.15) is 0 Å². The second-order valence-electron chi connectivity index (χ2n) is 9.43. The molecule has 0 spiro atoms. The number of fused-ring (bicyclic) bond motifs is 3. The fraction of sp³-hybridized carbons (Fsp3) is 0. The molecule has 1 aliphatic heterocycles. The first kappa shape index (κ1) is 22.3. The van der Waals surface area contributed by atoms with E-state index in [1.807, 2.05) is 46.9 Å². The lowest BCUT2D eigenvalue weighted by Gasteiger charge is -2.30. The highest BCUT2D eigenvalue weighted by Gasteiger charge is 2.51. The summed E-state index contributed by atoms with van der Waals surface area (Å²) in [6.45, 7) is 0. The maximum absolute atomic E-state index is 6.01. The molecule has 0 aliphatic carbocycles. The SMILES string of the molecule is Nc1ccc(-c2cc3c(s2)-c2sc(-c4ccc(N)cc4)cc2[Si]3(c2ccccc2)c2ccccc2)cc1. The Hall–Kier alpha value is -3.90. The molecule has 37 heavy (non-hydrogen) atoms. The van der Waals surface area contributed by atoms with Gasteiger partial charge in [-0.05, 0) is 68.3 Å². The third-order valence-electron chi connectivity index (χ3n) is 7.28. The average Bonchev–Trinajstić information content (AvgIpc) is 3.62. The van der Waals surface area contributed by atoms with Crippen molar-refractivity contribution in [2.24, 2.45) is 0 Å². The molecule has 0 amide bonds. The molecular formula is C32H24N2S2Si. The van der Waals surface area contributed by atoms with E-state index in [1.54, 1.807) is 0 Å². The molecule has 0 fully saturated rings. The fourth-order valence-corrected chi connectivity index (χ4v) is 14.4. The van der Waals surface area contributed by atoms with Crippen molar-refractivity contribution in [1.82, 2.24) is 0 Å². The van der Waals surface area contributed by atoms with Crippen LogP contribution in [0.2, 0.25) is 0 Å². The zero-order valence-electron chi connectivity index (χ0n) is 20.0. The summed E-state index contributed by atoms with van der Waals surface area (Å²) in [4.78, 5) is 5.41. The molecular weight excluding hydrogens is 505 g/mol. The first-order valence-corrected chi connectivity index (χ1v) is 15.9. The molecule has 0 unspecified atom stereocenters. The van der Waals surface area contributed by atoms with Gasteiger partial charge >= 0.3 is 0 Å². The van der Waals surface area contributed by atoms with E-state index in [2.05, 4.69) is 97.1 Å². The largest absolute Gasteiger partial charge is 0.399 e. The van der Waals surface area contributed by atoms with Gasteiger partial charge < -0.3 is 11.5 Å². The van der Waals surface area contributed by atoms with Crippen LogP contribution in [0.3, 0.4) is 0 Å². The highest BCUT2D eigenvalue weighted by molar-refractivity contribution is 7.35. The number of anilines is 2. The standard InChI is InChI=1S/C32H24N2S2Si/c33-23-15-11-21(12-16-23)27-19-29-31(35-27)32-30(20-28(36-32)22-13-17-24(34)18-14-22)37(29,25-7-3-1-4-8-25)26-9-5-2-6-10-26/h1-20H,33-34H2. The van der Waals surface area contributed by atoms with Crippen LogP contribution in [-0.4, -0.2) is 8.07 Å². The third kappa shape index (κ3) is 3.43. The number of hydrogen-bond acceptors (Lipinski definition) is 4. The van der Waals surface area contributed by atoms with Crippen molar-refractivity contribution < 1.29 is 0 Å². The molecule has 3 heterocycles. The lowest BCUT2D eigenvalue weighted by molar-refractivity contribution is 1.67. The van der Waals surface area contributed by atoms with Crippen LogP contribution in [0.25, 0.3) is 30.6 Å². The maximum atomic E-state index is 6.01. The van der Waals surface area contributed by atoms with E-state index in [1.165, 1.54) is 51.4 Å². The van der Waals surface area contributed by atoms with Gasteiger partial charge in [-0.2, -0.15) is 0 Å². The van der Waals surface area contributed by atoms with Crippen molar-refractivity contribution in [3.05, 3.63) is 121 Å². The summed E-state index contributed by atoms with van der Waals surface area (Å²) >= 11 is 3.82. The van der Waals surface area contributed by atoms with Gasteiger partial charge in [0.2, 0.25) is 0 Å². The molecule has 0 saturated heterocycles. The summed E-state index contributed by atoms with van der Waals surface area (Å²) in [6.07, 6.45) is 0. The number of nitrogens with two attached hydrogens (primary N) is 2. The Morgan fingerprint density at radius 2 is 0.838 bits per heavy atom. The van der Waals surface area contributed by atoms with E-state index in [4.69, 9.17) is 11.5 Å². The van der Waals surface area contributed by atoms with Crippen molar-refractivity contribution in [1.29, 1.82) is 0 Å². The van der Waals surface area contributed by atoms with Gasteiger partial charge in [0.15, 0.2) is 8.07 Å². The first-order chi connectivity index (χ1) is 18.1. The number of thiophene rings is 2. The van der Waals surface area contributed by atoms with E-state index in [0.29, 0.717) is 0 Å². The van der Waals surface area contributed by atoms with E-state index < -0.39 is 8.07 Å². The molecule has 5 heteroatoms. The maximum Gasteiger partial charge on any atom is 0.182 e. The van der Waals surface area contributed by atoms with Crippen LogP contribution < -0.4 is 32.2 Å². The second kappa shape index (κ2) is 8.59. The number of nitrogen functional groups attached to an aromatic ring is 2. The molecule has 178 valence electrons. The topological polar surface area (TPSA) is 52.0 Å². The molecule has 2 nitrogen and oxygen atoms in total. The summed E-state index contributed by atoms with van der Waals surface area (Å²) < 4.78 is 0. The molecule has 0 radical (unpaired) electrons. The smallest absolute Gasteiger partial charge is 0.182 e. The summed E-state index contributed by atoms with van der Waals surface area (Å²) in [5, 5.41) is 5.83. The van der Waals surface area contributed by atoms with Gasteiger partial charge in [0, 0.05) is 30.9 Å². The Bertz CT molecular complexity index is 1590. The van der Waals surface area contributed by atoms with Crippen LogP contribution in [0, 0.1) is 0 Å². The summed E-state index contributed by atoms with van der Waals surface area (Å²) in [5.41, 5.74) is 16.0. The van der Waals surface area contributed by atoms with Crippen LogP contribution in [0.4, 0.5) is 11.4 Å². The van der Waals surface area contributed by atoms with Gasteiger partial charge in [-0.1, -0.05) is 84.9 Å². The third-order valence-corrected chi connectivity index (χ3v) is 15.0. The van der Waals surface area contributed by atoms with Crippen molar-refractivity contribution in [3.63, 3.8) is 0 Å². The Labute approximate surface area is 225 Å². The minimum Gasteiger partial charge on any atom is -0.399 e. The van der Waals surface area contributed by atoms with Crippen molar-refractivity contribution in [2.75, 3.05) is 11.5 Å². The molecule has 0 saturated carbocycles. The van der Waals surface area contributed by atoms with E-state index in [0.717, 1.165) is 11.4 Å². The van der Waals surface area contributed by atoms with Crippen molar-refractivity contribution in [2.45, 2.75) is 0 Å². The van der Waals surface area contributed by atoms with Crippen LogP contribution in [0.15, 0.2) is 121 Å². The van der Waals surface area contributed by atoms with E-state index in [-0.39, 0.29) is 0 Å². The quantitative estimate of drug-likeness (QED) is 0.229. The lowest BCUT2D eigenvalue weighted by Crippen LogP contribution is -2.72. The normalized spacial score (nSPS) is 13.3. The van der Waals surface area contributed by atoms with Gasteiger partial charge in [-0.3, -0.25) is 0 Å². The van der Waals surface area contributed by atoms with Gasteiger partial charge in [-0.25, -0.2) is 0 Å². The summed E-state index contributed by atoms with van der Waals surface area (Å²) in [6, 6.07) is 43.8. The van der Waals surface area contributed by atoms with Crippen molar-refractivity contribution >= 4 is 62.9 Å². The lowest BCUT2D eigenvalue weighted by atomic mass is 10.2. The predicted molar refractivity (Wildman–Crippen MR) is 165 cm³/mol. The summed E-state index contributed by atoms with van der Waals surface area (Å²) in [7, 11) is -2.50. The van der Waals surface area contributed by atoms with Crippen molar-refractivity contribution in [3.8, 4) is 30.6 Å². The highest BCUT2D eigenvalue weighted by Crippen LogP contribution is 2.44. The van der Waals surface area contributed by atoms with Crippen LogP contribution in [0.5, 0.6) is 0 Å². The minimum absolute atomic E-state index is 0.791. The number of hydrogen-bond donors (Lipinski definition) is 2. The zero-order valence-corrected chi connectivity index (χ0v) is 22.7. The Balaban J connectivity index is 1.55. The van der Waals surface area contributed by atoms with Crippen LogP contribution in [0.1, 0.15) is 0 Å². The Morgan fingerprint density at radius 3 is 1.22 bits per heavy atom. The zero-order chi connectivity index (χ0) is 25.0. The molecule has 6 aromatic rings. The number of rotatable bonds is 4. The van der Waals surface area contributed by atoms with E-state index in [9.17, 15) is 0 Å². The van der Waals surface area contributed by atoms with Crippen LogP contribution >= 0.6 is 22.7 Å². The second-order valence-corrected chi connectivity index (χ2v) is 15.3. The van der Waals surface area contributed by atoms with Gasteiger partial charge in [-0.15, -0.1) is 22.7 Å². The van der Waals surface area contributed by atoms with Crippen LogP contribution in [-0.2, 0) is 0 Å². The molecule has 0 atom stereocenters. The summed E-state index contributed by atoms with van der Waals surface area (Å²) in [5.74, 6) is 0. The average molecular weight is 529 g/mol. The Morgan fingerprint density at radius 1 is 0.459 bits per heavy atom. The van der Waals surface area contributed by atoms with Gasteiger partial charge in [0.05, 0.1) is 0 Å². The minimum atomic E-state index is -2.50. The highest BCUT2D eigenvalue weighted by atomic mass is 32.1. The predicted octanol–water partition coefficient (Wildman–Crippen LogP) is 5.67. The number of benzene rings is 4. The fourth-order valence-electron chi connectivity index (χ4n) is 5.57. The molecule has 4 aromatic carbocycles. The van der Waals surface area contributed by atoms with Gasteiger partial charge in [0.25, 0.3) is 0 Å². The molecule has 0 bridgehead atoms. The molecule has 2 aromatic heterocycles. The molecule has 4 N–H and O–H groups in total.